The van der Waals surface area contributed by atoms with Crippen LogP contribution in [0, 0.1) is 10.1 Å². The Kier molecular flexibility index (Phi) is 4.86. The van der Waals surface area contributed by atoms with Crippen LogP contribution in [-0.4, -0.2) is 52.6 Å². The number of nitro groups is 1. The predicted molar refractivity (Wildman–Crippen MR) is 83.0 cm³/mol. The Balaban J connectivity index is 2.00. The Hall–Kier alpha value is -1.73. The molecule has 6 nitrogen and oxygen atoms in total. The second-order valence-corrected chi connectivity index (χ2v) is 5.01. The molecule has 1 saturated heterocycles. The summed E-state index contributed by atoms with van der Waals surface area (Å²) in [6.45, 7) is 6.81. The van der Waals surface area contributed by atoms with Gasteiger partial charge in [0.05, 0.1) is 4.92 Å². The minimum Gasteiger partial charge on any atom is -0.346 e. The molecule has 1 N–H and O–H groups in total. The summed E-state index contributed by atoms with van der Waals surface area (Å²) in [4.78, 5) is 15.0. The fourth-order valence-electron chi connectivity index (χ4n) is 2.20. The lowest BCUT2D eigenvalue weighted by molar-refractivity contribution is -0.383. The van der Waals surface area contributed by atoms with Crippen molar-refractivity contribution in [3.05, 3.63) is 34.4 Å². The van der Waals surface area contributed by atoms with E-state index in [2.05, 4.69) is 22.0 Å². The second-order valence-electron chi connectivity index (χ2n) is 4.63. The van der Waals surface area contributed by atoms with Gasteiger partial charge in [-0.3, -0.25) is 10.1 Å². The van der Waals surface area contributed by atoms with Crippen LogP contribution in [0.15, 0.2) is 24.3 Å². The summed E-state index contributed by atoms with van der Waals surface area (Å²) in [5, 5.41) is 14.5. The Morgan fingerprint density at radius 2 is 2.00 bits per heavy atom. The predicted octanol–water partition coefficient (Wildman–Crippen LogP) is 1.93. The molecule has 0 bridgehead atoms. The molecule has 1 heterocycles. The van der Waals surface area contributed by atoms with Crippen LogP contribution in [-0.2, 0) is 0 Å². The first-order valence-electron chi connectivity index (χ1n) is 6.63. The summed E-state index contributed by atoms with van der Waals surface area (Å²) in [5.74, 6) is 0. The van der Waals surface area contributed by atoms with E-state index in [9.17, 15) is 10.1 Å². The standard InChI is InChI=1S/C13H18N4O2S/c1-2-15-7-9-16(10-8-15)13(20)14-11-5-3-4-6-12(11)17(18)19/h3-6H,2,7-10H2,1H3,(H,14,20). The smallest absolute Gasteiger partial charge is 0.292 e. The molecule has 0 unspecified atom stereocenters. The molecule has 1 aliphatic rings. The van der Waals surface area contributed by atoms with Crippen molar-refractivity contribution in [3.63, 3.8) is 0 Å². The number of nitro benzene ring substituents is 1. The van der Waals surface area contributed by atoms with Gasteiger partial charge < -0.3 is 15.1 Å². The molecule has 0 radical (unpaired) electrons. The summed E-state index contributed by atoms with van der Waals surface area (Å²) >= 11 is 5.35. The highest BCUT2D eigenvalue weighted by Gasteiger charge is 2.20. The highest BCUT2D eigenvalue weighted by Crippen LogP contribution is 2.23. The zero-order chi connectivity index (χ0) is 14.5. The van der Waals surface area contributed by atoms with Gasteiger partial charge in [0, 0.05) is 32.2 Å². The molecule has 0 atom stereocenters. The molecule has 1 aliphatic heterocycles. The van der Waals surface area contributed by atoms with Gasteiger partial charge in [0.2, 0.25) is 0 Å². The number of benzene rings is 1. The molecule has 1 fully saturated rings. The number of rotatable bonds is 3. The molecule has 0 spiro atoms. The van der Waals surface area contributed by atoms with Gasteiger partial charge in [-0.05, 0) is 24.8 Å². The van der Waals surface area contributed by atoms with Crippen LogP contribution in [0.3, 0.4) is 0 Å². The van der Waals surface area contributed by atoms with Crippen molar-refractivity contribution in [2.75, 3.05) is 38.0 Å². The summed E-state index contributed by atoms with van der Waals surface area (Å²) < 4.78 is 0. The molecular weight excluding hydrogens is 276 g/mol. The molecule has 0 saturated carbocycles. The minimum absolute atomic E-state index is 0.0436. The number of para-hydroxylation sites is 2. The number of hydrogen-bond donors (Lipinski definition) is 1. The average Bonchev–Trinajstić information content (AvgIpc) is 2.47. The minimum atomic E-state index is -0.403. The summed E-state index contributed by atoms with van der Waals surface area (Å²) in [5.41, 5.74) is 0.488. The van der Waals surface area contributed by atoms with E-state index in [1.165, 1.54) is 6.07 Å². The highest BCUT2D eigenvalue weighted by molar-refractivity contribution is 7.80. The topological polar surface area (TPSA) is 61.6 Å². The number of anilines is 1. The van der Waals surface area contributed by atoms with Gasteiger partial charge in [-0.25, -0.2) is 0 Å². The lowest BCUT2D eigenvalue weighted by Crippen LogP contribution is -2.49. The number of thiocarbonyl (C=S) groups is 1. The van der Waals surface area contributed by atoms with Crippen molar-refractivity contribution in [2.24, 2.45) is 0 Å². The lowest BCUT2D eigenvalue weighted by Gasteiger charge is -2.35. The third-order valence-corrected chi connectivity index (χ3v) is 3.81. The first kappa shape index (κ1) is 14.7. The summed E-state index contributed by atoms with van der Waals surface area (Å²) in [6.07, 6.45) is 0. The maximum absolute atomic E-state index is 11.0. The molecule has 20 heavy (non-hydrogen) atoms. The second kappa shape index (κ2) is 6.62. The van der Waals surface area contributed by atoms with E-state index in [1.807, 2.05) is 0 Å². The molecule has 0 aromatic heterocycles. The monoisotopic (exact) mass is 294 g/mol. The Morgan fingerprint density at radius 3 is 2.60 bits per heavy atom. The van der Waals surface area contributed by atoms with Crippen molar-refractivity contribution in [2.45, 2.75) is 6.92 Å². The Labute approximate surface area is 123 Å². The fourth-order valence-corrected chi connectivity index (χ4v) is 2.49. The van der Waals surface area contributed by atoms with E-state index < -0.39 is 4.92 Å². The van der Waals surface area contributed by atoms with E-state index >= 15 is 0 Å². The van der Waals surface area contributed by atoms with E-state index in [1.54, 1.807) is 18.2 Å². The van der Waals surface area contributed by atoms with E-state index in [4.69, 9.17) is 12.2 Å². The number of likely N-dealkylation sites (N-methyl/N-ethyl adjacent to an activating group) is 1. The number of piperazine rings is 1. The Morgan fingerprint density at radius 1 is 1.35 bits per heavy atom. The summed E-state index contributed by atoms with van der Waals surface area (Å²) in [7, 11) is 0. The number of hydrogen-bond acceptors (Lipinski definition) is 4. The lowest BCUT2D eigenvalue weighted by atomic mass is 10.2. The van der Waals surface area contributed by atoms with Gasteiger partial charge in [0.1, 0.15) is 5.69 Å². The van der Waals surface area contributed by atoms with Crippen LogP contribution in [0.5, 0.6) is 0 Å². The van der Waals surface area contributed by atoms with Gasteiger partial charge in [-0.15, -0.1) is 0 Å². The largest absolute Gasteiger partial charge is 0.346 e. The normalized spacial score (nSPS) is 15.9. The molecular formula is C13H18N4O2S. The Bertz CT molecular complexity index is 501. The molecule has 7 heteroatoms. The maximum Gasteiger partial charge on any atom is 0.292 e. The van der Waals surface area contributed by atoms with Crippen LogP contribution in [0.2, 0.25) is 0 Å². The van der Waals surface area contributed by atoms with Crippen LogP contribution in [0.25, 0.3) is 0 Å². The van der Waals surface area contributed by atoms with Crippen LogP contribution in [0.4, 0.5) is 11.4 Å². The van der Waals surface area contributed by atoms with E-state index in [-0.39, 0.29) is 5.69 Å². The third kappa shape index (κ3) is 3.43. The van der Waals surface area contributed by atoms with Gasteiger partial charge in [0.25, 0.3) is 5.69 Å². The van der Waals surface area contributed by atoms with Gasteiger partial charge in [-0.1, -0.05) is 19.1 Å². The van der Waals surface area contributed by atoms with Crippen LogP contribution < -0.4 is 5.32 Å². The first-order valence-corrected chi connectivity index (χ1v) is 7.04. The number of nitrogens with one attached hydrogen (secondary N) is 1. The first-order chi connectivity index (χ1) is 9.61. The van der Waals surface area contributed by atoms with Crippen molar-refractivity contribution in [1.29, 1.82) is 0 Å². The zero-order valence-electron chi connectivity index (χ0n) is 11.4. The van der Waals surface area contributed by atoms with E-state index in [0.717, 1.165) is 32.7 Å². The number of nitrogens with zero attached hydrogens (tertiary/aromatic N) is 3. The van der Waals surface area contributed by atoms with Crippen molar-refractivity contribution < 1.29 is 4.92 Å². The van der Waals surface area contributed by atoms with Crippen LogP contribution in [0.1, 0.15) is 6.92 Å². The SMILES string of the molecule is CCN1CCN(C(=S)Nc2ccccc2[N+](=O)[O-])CC1. The molecule has 1 aromatic carbocycles. The zero-order valence-corrected chi connectivity index (χ0v) is 12.2. The molecule has 0 amide bonds. The van der Waals surface area contributed by atoms with Crippen molar-refractivity contribution >= 4 is 28.7 Å². The van der Waals surface area contributed by atoms with Gasteiger partial charge in [-0.2, -0.15) is 0 Å². The third-order valence-electron chi connectivity index (χ3n) is 3.45. The van der Waals surface area contributed by atoms with Gasteiger partial charge in [0.15, 0.2) is 5.11 Å². The van der Waals surface area contributed by atoms with Gasteiger partial charge >= 0.3 is 0 Å². The average molecular weight is 294 g/mol. The molecule has 0 aliphatic carbocycles. The van der Waals surface area contributed by atoms with Crippen LogP contribution >= 0.6 is 12.2 Å². The maximum atomic E-state index is 11.0. The quantitative estimate of drug-likeness (QED) is 0.522. The van der Waals surface area contributed by atoms with Crippen molar-refractivity contribution in [1.82, 2.24) is 9.80 Å². The molecule has 108 valence electrons. The van der Waals surface area contributed by atoms with Crippen molar-refractivity contribution in [3.8, 4) is 0 Å². The summed E-state index contributed by atoms with van der Waals surface area (Å²) in [6, 6.07) is 6.55. The fraction of sp³-hybridized carbons (Fsp3) is 0.462. The highest BCUT2D eigenvalue weighted by atomic mass is 32.1. The molecule has 1 aromatic rings. The molecule has 2 rings (SSSR count). The van der Waals surface area contributed by atoms with E-state index in [0.29, 0.717) is 10.8 Å².